The molecule has 0 radical (unpaired) electrons. The zero-order chi connectivity index (χ0) is 17.9. The number of phenolic OH excluding ortho intramolecular Hbond substituents is 2. The van der Waals surface area contributed by atoms with Gasteiger partial charge in [-0.25, -0.2) is 0 Å². The van der Waals surface area contributed by atoms with Crippen LogP contribution in [0.3, 0.4) is 0 Å². The van der Waals surface area contributed by atoms with Gasteiger partial charge in [0.1, 0.15) is 45.6 Å². The van der Waals surface area contributed by atoms with Crippen molar-refractivity contribution in [2.45, 2.75) is 0 Å². The van der Waals surface area contributed by atoms with E-state index in [1.54, 1.807) is 0 Å². The van der Waals surface area contributed by atoms with Crippen molar-refractivity contribution in [3.63, 3.8) is 0 Å². The minimum absolute atomic E-state index is 0.106. The van der Waals surface area contributed by atoms with Gasteiger partial charge in [-0.05, 0) is 0 Å². The molecule has 0 heterocycles. The number of benzene rings is 2. The van der Waals surface area contributed by atoms with E-state index in [0.717, 1.165) is 0 Å². The summed E-state index contributed by atoms with van der Waals surface area (Å²) in [6, 6.07) is 5.48. The monoisotopic (exact) mass is 334 g/mol. The molecule has 0 spiro atoms. The lowest BCUT2D eigenvalue weighted by Gasteiger charge is -2.15. The second kappa shape index (κ2) is 6.99. The Hall–Kier alpha value is -3.09. The Balaban J connectivity index is 2.66. The molecule has 2 N–H and O–H groups in total. The largest absolute Gasteiger partial charge is 0.507 e. The highest BCUT2D eigenvalue weighted by Crippen LogP contribution is 2.40. The van der Waals surface area contributed by atoms with Gasteiger partial charge in [0.15, 0.2) is 0 Å². The molecule has 0 saturated heterocycles. The topological polar surface area (TPSA) is 94.5 Å². The van der Waals surface area contributed by atoms with Crippen LogP contribution in [0.1, 0.15) is 15.9 Å². The number of hydrogen-bond acceptors (Lipinski definition) is 7. The van der Waals surface area contributed by atoms with Crippen molar-refractivity contribution < 1.29 is 34.0 Å². The van der Waals surface area contributed by atoms with Gasteiger partial charge in [-0.1, -0.05) is 0 Å². The van der Waals surface area contributed by atoms with Gasteiger partial charge in [0, 0.05) is 24.3 Å². The zero-order valence-corrected chi connectivity index (χ0v) is 13.7. The van der Waals surface area contributed by atoms with Gasteiger partial charge >= 0.3 is 0 Å². The number of hydrogen-bond donors (Lipinski definition) is 2. The average molecular weight is 334 g/mol. The molecule has 0 bridgehead atoms. The Morgan fingerprint density at radius 3 is 1.38 bits per heavy atom. The standard InChI is InChI=1S/C17H18O7/c1-21-9-5-11(18)15(13(7-9)23-3)17(20)16-12(19)6-10(22-2)8-14(16)24-4/h5-8,18-19H,1-4H3. The summed E-state index contributed by atoms with van der Waals surface area (Å²) < 4.78 is 20.4. The molecule has 0 aliphatic rings. The summed E-state index contributed by atoms with van der Waals surface area (Å²) >= 11 is 0. The zero-order valence-electron chi connectivity index (χ0n) is 13.7. The SMILES string of the molecule is COc1cc(O)c(C(=O)c2c(O)cc(OC)cc2OC)c(OC)c1. The summed E-state index contributed by atoms with van der Waals surface area (Å²) in [6.07, 6.45) is 0. The van der Waals surface area contributed by atoms with Crippen molar-refractivity contribution in [3.8, 4) is 34.5 Å². The van der Waals surface area contributed by atoms with Crippen molar-refractivity contribution in [1.82, 2.24) is 0 Å². The minimum Gasteiger partial charge on any atom is -0.507 e. The Morgan fingerprint density at radius 2 is 1.08 bits per heavy atom. The van der Waals surface area contributed by atoms with Gasteiger partial charge in [0.25, 0.3) is 0 Å². The maximum atomic E-state index is 12.9. The molecule has 0 aliphatic carbocycles. The van der Waals surface area contributed by atoms with E-state index in [-0.39, 0.29) is 34.1 Å². The maximum absolute atomic E-state index is 12.9. The number of carbonyl (C=O) groups is 1. The lowest BCUT2D eigenvalue weighted by molar-refractivity contribution is 0.102. The summed E-state index contributed by atoms with van der Waals surface area (Å²) in [4.78, 5) is 12.9. The second-order valence-electron chi connectivity index (χ2n) is 4.78. The molecule has 2 aromatic carbocycles. The fourth-order valence-electron chi connectivity index (χ4n) is 2.29. The van der Waals surface area contributed by atoms with Crippen LogP contribution in [0.15, 0.2) is 24.3 Å². The Morgan fingerprint density at radius 1 is 0.708 bits per heavy atom. The first-order chi connectivity index (χ1) is 11.5. The molecule has 7 nitrogen and oxygen atoms in total. The smallest absolute Gasteiger partial charge is 0.207 e. The Kier molecular flexibility index (Phi) is 5.03. The molecule has 0 atom stereocenters. The van der Waals surface area contributed by atoms with Crippen LogP contribution < -0.4 is 18.9 Å². The van der Waals surface area contributed by atoms with Crippen LogP contribution in [0.4, 0.5) is 0 Å². The van der Waals surface area contributed by atoms with E-state index in [1.807, 2.05) is 0 Å². The van der Waals surface area contributed by atoms with Crippen LogP contribution in [0.5, 0.6) is 34.5 Å². The first-order valence-electron chi connectivity index (χ1n) is 6.91. The van der Waals surface area contributed by atoms with Crippen molar-refractivity contribution in [3.05, 3.63) is 35.4 Å². The predicted molar refractivity (Wildman–Crippen MR) is 85.9 cm³/mol. The number of rotatable bonds is 6. The van der Waals surface area contributed by atoms with Gasteiger partial charge < -0.3 is 29.2 Å². The van der Waals surface area contributed by atoms with E-state index in [9.17, 15) is 15.0 Å². The molecule has 0 saturated carbocycles. The highest BCUT2D eigenvalue weighted by molar-refractivity contribution is 6.15. The van der Waals surface area contributed by atoms with Gasteiger partial charge in [-0.2, -0.15) is 0 Å². The third-order valence-corrected chi connectivity index (χ3v) is 3.48. The third kappa shape index (κ3) is 3.01. The molecule has 0 amide bonds. The van der Waals surface area contributed by atoms with Crippen LogP contribution in [0, 0.1) is 0 Å². The summed E-state index contributed by atoms with van der Waals surface area (Å²) in [6.45, 7) is 0. The van der Waals surface area contributed by atoms with Crippen molar-refractivity contribution in [2.75, 3.05) is 28.4 Å². The molecule has 0 fully saturated rings. The Bertz CT molecular complexity index is 705. The first kappa shape index (κ1) is 17.3. The van der Waals surface area contributed by atoms with Crippen molar-refractivity contribution in [1.29, 1.82) is 0 Å². The van der Waals surface area contributed by atoms with Crippen LogP contribution in [0.2, 0.25) is 0 Å². The van der Waals surface area contributed by atoms with Crippen LogP contribution >= 0.6 is 0 Å². The van der Waals surface area contributed by atoms with Crippen LogP contribution in [-0.2, 0) is 0 Å². The minimum atomic E-state index is -0.663. The summed E-state index contributed by atoms with van der Waals surface area (Å²) in [5.74, 6) is -0.479. The molecule has 128 valence electrons. The van der Waals surface area contributed by atoms with E-state index < -0.39 is 5.78 Å². The maximum Gasteiger partial charge on any atom is 0.207 e. The van der Waals surface area contributed by atoms with Gasteiger partial charge in [0.2, 0.25) is 5.78 Å². The quantitative estimate of drug-likeness (QED) is 0.783. The first-order valence-corrected chi connectivity index (χ1v) is 6.91. The molecule has 2 aromatic rings. The van der Waals surface area contributed by atoms with Crippen molar-refractivity contribution in [2.24, 2.45) is 0 Å². The van der Waals surface area contributed by atoms with E-state index in [4.69, 9.17) is 18.9 Å². The second-order valence-corrected chi connectivity index (χ2v) is 4.78. The van der Waals surface area contributed by atoms with Crippen LogP contribution in [-0.4, -0.2) is 44.4 Å². The summed E-state index contributed by atoms with van der Waals surface area (Å²) in [5.41, 5.74) is -0.228. The third-order valence-electron chi connectivity index (χ3n) is 3.48. The number of ether oxygens (including phenoxy) is 4. The fraction of sp³-hybridized carbons (Fsp3) is 0.235. The number of methoxy groups -OCH3 is 4. The van der Waals surface area contributed by atoms with Gasteiger partial charge in [0.05, 0.1) is 28.4 Å². The normalized spacial score (nSPS) is 10.2. The lowest BCUT2D eigenvalue weighted by Crippen LogP contribution is -2.07. The van der Waals surface area contributed by atoms with E-state index in [2.05, 4.69) is 0 Å². The van der Waals surface area contributed by atoms with E-state index in [1.165, 1.54) is 52.7 Å². The summed E-state index contributed by atoms with van der Waals surface area (Å²) in [7, 11) is 5.56. The van der Waals surface area contributed by atoms with Gasteiger partial charge in [-0.15, -0.1) is 0 Å². The average Bonchev–Trinajstić information content (AvgIpc) is 2.59. The molecule has 0 aliphatic heterocycles. The lowest BCUT2D eigenvalue weighted by atomic mass is 9.99. The molecule has 7 heteroatoms. The fourth-order valence-corrected chi connectivity index (χ4v) is 2.29. The highest BCUT2D eigenvalue weighted by Gasteiger charge is 2.27. The summed E-state index contributed by atoms with van der Waals surface area (Å²) in [5, 5.41) is 20.4. The number of carbonyl (C=O) groups excluding carboxylic acids is 1. The predicted octanol–water partition coefficient (Wildman–Crippen LogP) is 2.36. The molecule has 24 heavy (non-hydrogen) atoms. The van der Waals surface area contributed by atoms with Gasteiger partial charge in [-0.3, -0.25) is 4.79 Å². The highest BCUT2D eigenvalue weighted by atomic mass is 16.5. The number of phenols is 2. The number of aromatic hydroxyl groups is 2. The molecule has 0 aromatic heterocycles. The van der Waals surface area contributed by atoms with Crippen LogP contribution in [0.25, 0.3) is 0 Å². The molecular weight excluding hydrogens is 316 g/mol. The van der Waals surface area contributed by atoms with E-state index >= 15 is 0 Å². The molecule has 0 unspecified atom stereocenters. The molecular formula is C17H18O7. The molecule has 2 rings (SSSR count). The Labute approximate surface area is 139 Å². The number of ketones is 1. The van der Waals surface area contributed by atoms with Crippen molar-refractivity contribution >= 4 is 5.78 Å². The van der Waals surface area contributed by atoms with E-state index in [0.29, 0.717) is 11.5 Å².